The molecule has 138 valence electrons. The molecule has 26 heavy (non-hydrogen) atoms. The van der Waals surface area contributed by atoms with Gasteiger partial charge in [-0.2, -0.15) is 0 Å². The average molecular weight is 353 g/mol. The molecule has 0 unspecified atom stereocenters. The molecule has 6 heteroatoms. The van der Waals surface area contributed by atoms with Crippen LogP contribution in [0.2, 0.25) is 0 Å². The molecule has 1 amide bonds. The molecule has 0 aromatic carbocycles. The molecule has 1 aliphatic heterocycles. The molecule has 1 saturated heterocycles. The summed E-state index contributed by atoms with van der Waals surface area (Å²) in [5, 5.41) is 3.01. The number of carbonyl (C=O) groups excluding carboxylic acids is 1. The van der Waals surface area contributed by atoms with E-state index >= 15 is 0 Å². The minimum Gasteiger partial charge on any atom is -0.351 e. The van der Waals surface area contributed by atoms with Crippen LogP contribution in [0.3, 0.4) is 0 Å². The Bertz CT molecular complexity index is 770. The van der Waals surface area contributed by atoms with Gasteiger partial charge in [-0.1, -0.05) is 6.07 Å². The number of hydrogen-bond donors (Lipinski definition) is 1. The van der Waals surface area contributed by atoms with Gasteiger partial charge in [0.05, 0.1) is 18.3 Å². The van der Waals surface area contributed by atoms with E-state index in [9.17, 15) is 4.79 Å². The highest BCUT2D eigenvalue weighted by Gasteiger charge is 2.32. The number of pyridine rings is 1. The topological polar surface area (TPSA) is 63.1 Å². The second kappa shape index (κ2) is 7.58. The number of fused-ring (bicyclic) bond motifs is 1. The van der Waals surface area contributed by atoms with E-state index in [2.05, 4.69) is 26.8 Å². The Balaban J connectivity index is 1.40. The Kier molecular flexibility index (Phi) is 5.02. The quantitative estimate of drug-likeness (QED) is 0.895. The van der Waals surface area contributed by atoms with E-state index in [0.29, 0.717) is 13.1 Å². The fourth-order valence-electron chi connectivity index (χ4n) is 4.26. The van der Waals surface area contributed by atoms with Crippen molar-refractivity contribution in [1.82, 2.24) is 24.8 Å². The Morgan fingerprint density at radius 1 is 1.31 bits per heavy atom. The number of likely N-dealkylation sites (tertiary alicyclic amines) is 1. The number of carbonyl (C=O) groups is 1. The number of nitrogens with one attached hydrogen (secondary N) is 1. The summed E-state index contributed by atoms with van der Waals surface area (Å²) in [4.78, 5) is 23.8. The van der Waals surface area contributed by atoms with Gasteiger partial charge in [-0.3, -0.25) is 14.7 Å². The predicted molar refractivity (Wildman–Crippen MR) is 99.5 cm³/mol. The summed E-state index contributed by atoms with van der Waals surface area (Å²) >= 11 is 0. The minimum absolute atomic E-state index is 0.0692. The summed E-state index contributed by atoms with van der Waals surface area (Å²) in [5.74, 6) is 1.22. The number of amides is 1. The molecule has 3 heterocycles. The number of imidazole rings is 1. The SMILES string of the molecule is Cn1c([C@@H]2CCCN2CC(=O)NCc2cccnc2)nc2c1CCCC2. The molecule has 0 spiro atoms. The predicted octanol–water partition coefficient (Wildman–Crippen LogP) is 2.15. The minimum atomic E-state index is 0.0692. The Morgan fingerprint density at radius 3 is 3.00 bits per heavy atom. The lowest BCUT2D eigenvalue weighted by Gasteiger charge is -2.23. The summed E-state index contributed by atoms with van der Waals surface area (Å²) in [6, 6.07) is 4.13. The summed E-state index contributed by atoms with van der Waals surface area (Å²) in [7, 11) is 2.14. The Labute approximate surface area is 154 Å². The van der Waals surface area contributed by atoms with Crippen molar-refractivity contribution in [2.45, 2.75) is 51.1 Å². The van der Waals surface area contributed by atoms with Gasteiger partial charge in [-0.15, -0.1) is 0 Å². The molecular weight excluding hydrogens is 326 g/mol. The molecule has 2 aromatic heterocycles. The summed E-state index contributed by atoms with van der Waals surface area (Å²) in [6.45, 7) is 1.92. The maximum atomic E-state index is 12.4. The smallest absolute Gasteiger partial charge is 0.234 e. The first-order valence-corrected chi connectivity index (χ1v) is 9.66. The van der Waals surface area contributed by atoms with E-state index in [0.717, 1.165) is 43.6 Å². The standard InChI is InChI=1S/C20H27N5O/c1-24-17-8-3-2-7-16(17)23-20(24)18-9-5-11-25(18)14-19(26)22-13-15-6-4-10-21-12-15/h4,6,10,12,18H,2-3,5,7-9,11,13-14H2,1H3,(H,22,26)/t18-/m0/s1. The van der Waals surface area contributed by atoms with E-state index in [-0.39, 0.29) is 11.9 Å². The van der Waals surface area contributed by atoms with Crippen LogP contribution in [0.1, 0.15) is 54.5 Å². The van der Waals surface area contributed by atoms with Gasteiger partial charge in [0.2, 0.25) is 5.91 Å². The van der Waals surface area contributed by atoms with Crippen LogP contribution >= 0.6 is 0 Å². The van der Waals surface area contributed by atoms with Gasteiger partial charge in [0.1, 0.15) is 5.82 Å². The summed E-state index contributed by atoms with van der Waals surface area (Å²) in [5.41, 5.74) is 3.70. The van der Waals surface area contributed by atoms with Crippen LogP contribution in [0, 0.1) is 0 Å². The van der Waals surface area contributed by atoms with Crippen LogP contribution < -0.4 is 5.32 Å². The zero-order valence-corrected chi connectivity index (χ0v) is 15.4. The monoisotopic (exact) mass is 353 g/mol. The second-order valence-electron chi connectivity index (χ2n) is 7.40. The first-order valence-electron chi connectivity index (χ1n) is 9.66. The van der Waals surface area contributed by atoms with Crippen molar-refractivity contribution in [1.29, 1.82) is 0 Å². The molecule has 1 N–H and O–H groups in total. The molecule has 2 aliphatic rings. The highest BCUT2D eigenvalue weighted by molar-refractivity contribution is 5.78. The van der Waals surface area contributed by atoms with Crippen LogP contribution in [0.25, 0.3) is 0 Å². The van der Waals surface area contributed by atoms with Crippen LogP contribution in [0.15, 0.2) is 24.5 Å². The van der Waals surface area contributed by atoms with E-state index in [1.54, 1.807) is 12.4 Å². The fourth-order valence-corrected chi connectivity index (χ4v) is 4.26. The van der Waals surface area contributed by atoms with Crippen molar-refractivity contribution in [3.05, 3.63) is 47.3 Å². The van der Waals surface area contributed by atoms with Crippen molar-refractivity contribution in [3.8, 4) is 0 Å². The van der Waals surface area contributed by atoms with Crippen LogP contribution in [-0.2, 0) is 31.2 Å². The highest BCUT2D eigenvalue weighted by atomic mass is 16.2. The van der Waals surface area contributed by atoms with Crippen molar-refractivity contribution < 1.29 is 4.79 Å². The molecule has 0 saturated carbocycles. The average Bonchev–Trinajstić information content (AvgIpc) is 3.25. The lowest BCUT2D eigenvalue weighted by molar-refractivity contribution is -0.122. The molecule has 0 bridgehead atoms. The zero-order valence-electron chi connectivity index (χ0n) is 15.4. The van der Waals surface area contributed by atoms with E-state index < -0.39 is 0 Å². The van der Waals surface area contributed by atoms with Gasteiger partial charge in [0.25, 0.3) is 0 Å². The molecule has 1 aliphatic carbocycles. The second-order valence-corrected chi connectivity index (χ2v) is 7.40. The van der Waals surface area contributed by atoms with Gasteiger partial charge >= 0.3 is 0 Å². The Hall–Kier alpha value is -2.21. The first-order chi connectivity index (χ1) is 12.7. The van der Waals surface area contributed by atoms with Gasteiger partial charge in [-0.25, -0.2) is 4.98 Å². The number of rotatable bonds is 5. The number of aromatic nitrogens is 3. The maximum absolute atomic E-state index is 12.4. The fraction of sp³-hybridized carbons (Fsp3) is 0.550. The molecule has 1 atom stereocenters. The summed E-state index contributed by atoms with van der Waals surface area (Å²) < 4.78 is 2.30. The van der Waals surface area contributed by atoms with Crippen molar-refractivity contribution in [3.63, 3.8) is 0 Å². The van der Waals surface area contributed by atoms with E-state index in [1.165, 1.54) is 24.2 Å². The molecule has 6 nitrogen and oxygen atoms in total. The maximum Gasteiger partial charge on any atom is 0.234 e. The molecule has 0 radical (unpaired) electrons. The van der Waals surface area contributed by atoms with Crippen molar-refractivity contribution >= 4 is 5.91 Å². The van der Waals surface area contributed by atoms with Gasteiger partial charge in [-0.05, 0) is 56.7 Å². The van der Waals surface area contributed by atoms with Gasteiger partial charge in [0.15, 0.2) is 0 Å². The van der Waals surface area contributed by atoms with Gasteiger partial charge in [0, 0.05) is 31.7 Å². The van der Waals surface area contributed by atoms with Crippen LogP contribution in [-0.4, -0.2) is 38.4 Å². The zero-order chi connectivity index (χ0) is 17.9. The van der Waals surface area contributed by atoms with Crippen molar-refractivity contribution in [2.24, 2.45) is 7.05 Å². The first kappa shape index (κ1) is 17.2. The third-order valence-corrected chi connectivity index (χ3v) is 5.63. The van der Waals surface area contributed by atoms with Crippen LogP contribution in [0.5, 0.6) is 0 Å². The largest absolute Gasteiger partial charge is 0.351 e. The normalized spacial score (nSPS) is 20.1. The Morgan fingerprint density at radius 2 is 2.19 bits per heavy atom. The highest BCUT2D eigenvalue weighted by Crippen LogP contribution is 2.33. The van der Waals surface area contributed by atoms with Crippen LogP contribution in [0.4, 0.5) is 0 Å². The van der Waals surface area contributed by atoms with Crippen molar-refractivity contribution in [2.75, 3.05) is 13.1 Å². The van der Waals surface area contributed by atoms with E-state index in [4.69, 9.17) is 4.98 Å². The molecular formula is C20H27N5O. The summed E-state index contributed by atoms with van der Waals surface area (Å²) in [6.07, 6.45) is 10.5. The molecule has 4 rings (SSSR count). The van der Waals surface area contributed by atoms with Gasteiger partial charge < -0.3 is 9.88 Å². The number of aryl methyl sites for hydroxylation is 1. The lowest BCUT2D eigenvalue weighted by Crippen LogP contribution is -2.37. The third-order valence-electron chi connectivity index (χ3n) is 5.63. The molecule has 2 aromatic rings. The van der Waals surface area contributed by atoms with E-state index in [1.807, 2.05) is 12.1 Å². The lowest BCUT2D eigenvalue weighted by atomic mass is 10.0. The third kappa shape index (κ3) is 3.51. The number of hydrogen-bond acceptors (Lipinski definition) is 4. The molecule has 1 fully saturated rings. The number of nitrogens with zero attached hydrogens (tertiary/aromatic N) is 4.